The molecule has 0 bridgehead atoms. The second kappa shape index (κ2) is 5.59. The fourth-order valence-corrected chi connectivity index (χ4v) is 2.06. The van der Waals surface area contributed by atoms with Gasteiger partial charge < -0.3 is 15.4 Å². The highest BCUT2D eigenvalue weighted by molar-refractivity contribution is 5.94. The highest BCUT2D eigenvalue weighted by Crippen LogP contribution is 2.08. The van der Waals surface area contributed by atoms with E-state index in [4.69, 9.17) is 0 Å². The Hall–Kier alpha value is -1.68. The molecule has 1 aromatic carbocycles. The lowest BCUT2D eigenvalue weighted by Gasteiger charge is -2.29. The number of hydrogen-bond donors (Lipinski definition) is 2. The van der Waals surface area contributed by atoms with E-state index in [1.165, 1.54) is 0 Å². The van der Waals surface area contributed by atoms with Crippen LogP contribution in [-0.2, 0) is 4.79 Å². The summed E-state index contributed by atoms with van der Waals surface area (Å²) in [6, 6.07) is 8.68. The first-order valence-electron chi connectivity index (χ1n) is 5.86. The summed E-state index contributed by atoms with van der Waals surface area (Å²) in [7, 11) is 0. The lowest BCUT2D eigenvalue weighted by atomic mass is 9.99. The van der Waals surface area contributed by atoms with Gasteiger partial charge in [0.15, 0.2) is 0 Å². The number of aldehydes is 1. The lowest BCUT2D eigenvalue weighted by Crippen LogP contribution is -2.54. The molecule has 1 amide bonds. The molecule has 2 rings (SSSR count). The number of rotatable bonds is 3. The molecule has 1 aliphatic rings. The molecule has 1 aliphatic heterocycles. The molecule has 0 aromatic heterocycles. The van der Waals surface area contributed by atoms with Gasteiger partial charge in [-0.2, -0.15) is 0 Å². The molecule has 1 heterocycles. The zero-order valence-electron chi connectivity index (χ0n) is 9.56. The number of hydrogen-bond acceptors (Lipinski definition) is 3. The van der Waals surface area contributed by atoms with Gasteiger partial charge in [0.25, 0.3) is 5.91 Å². The van der Waals surface area contributed by atoms with Crippen LogP contribution in [0.3, 0.4) is 0 Å². The second-order valence-corrected chi connectivity index (χ2v) is 4.20. The molecule has 0 radical (unpaired) electrons. The Labute approximate surface area is 100 Å². The normalized spacial score (nSPS) is 24.0. The minimum atomic E-state index is -0.267. The Bertz CT molecular complexity index is 392. The average molecular weight is 232 g/mol. The van der Waals surface area contributed by atoms with Gasteiger partial charge in [0.05, 0.1) is 12.1 Å². The first kappa shape index (κ1) is 11.8. The fourth-order valence-electron chi connectivity index (χ4n) is 2.06. The zero-order chi connectivity index (χ0) is 12.1. The van der Waals surface area contributed by atoms with Gasteiger partial charge in [-0.15, -0.1) is 0 Å². The van der Waals surface area contributed by atoms with Gasteiger partial charge in [0.1, 0.15) is 6.29 Å². The van der Waals surface area contributed by atoms with Gasteiger partial charge in [-0.25, -0.2) is 0 Å². The second-order valence-electron chi connectivity index (χ2n) is 4.20. The van der Waals surface area contributed by atoms with Crippen LogP contribution in [0.5, 0.6) is 0 Å². The van der Waals surface area contributed by atoms with E-state index in [1.807, 2.05) is 18.2 Å². The van der Waals surface area contributed by atoms with E-state index in [1.54, 1.807) is 12.1 Å². The first-order chi connectivity index (χ1) is 8.31. The van der Waals surface area contributed by atoms with Crippen molar-refractivity contribution in [3.63, 3.8) is 0 Å². The molecule has 90 valence electrons. The molecule has 0 saturated carbocycles. The van der Waals surface area contributed by atoms with Crippen molar-refractivity contribution in [1.82, 2.24) is 10.6 Å². The predicted molar refractivity (Wildman–Crippen MR) is 64.8 cm³/mol. The highest BCUT2D eigenvalue weighted by atomic mass is 16.1. The third-order valence-corrected chi connectivity index (χ3v) is 3.00. The first-order valence-corrected chi connectivity index (χ1v) is 5.86. The minimum Gasteiger partial charge on any atom is -0.347 e. The summed E-state index contributed by atoms with van der Waals surface area (Å²) >= 11 is 0. The van der Waals surface area contributed by atoms with E-state index in [0.717, 1.165) is 25.7 Å². The molecule has 2 N–H and O–H groups in total. The van der Waals surface area contributed by atoms with Crippen LogP contribution in [-0.4, -0.2) is 30.8 Å². The van der Waals surface area contributed by atoms with Crippen LogP contribution in [0, 0.1) is 0 Å². The Morgan fingerprint density at radius 2 is 2.12 bits per heavy atom. The summed E-state index contributed by atoms with van der Waals surface area (Å²) in [6.45, 7) is 0.834. The summed E-state index contributed by atoms with van der Waals surface area (Å²) in [5.41, 5.74) is 0.628. The largest absolute Gasteiger partial charge is 0.347 e. The SMILES string of the molecule is O=CC1NCCCC1NC(=O)c1ccccc1. The Morgan fingerprint density at radius 1 is 1.35 bits per heavy atom. The van der Waals surface area contributed by atoms with E-state index >= 15 is 0 Å². The maximum atomic E-state index is 11.9. The Morgan fingerprint density at radius 3 is 2.82 bits per heavy atom. The van der Waals surface area contributed by atoms with Gasteiger partial charge >= 0.3 is 0 Å². The molecule has 0 aliphatic carbocycles. The number of benzene rings is 1. The van der Waals surface area contributed by atoms with Gasteiger partial charge in [-0.3, -0.25) is 4.79 Å². The molecule has 4 heteroatoms. The van der Waals surface area contributed by atoms with Gasteiger partial charge in [-0.05, 0) is 31.5 Å². The third-order valence-electron chi connectivity index (χ3n) is 3.00. The van der Waals surface area contributed by atoms with E-state index in [2.05, 4.69) is 10.6 Å². The molecule has 1 aromatic rings. The van der Waals surface area contributed by atoms with Crippen LogP contribution in [0.4, 0.5) is 0 Å². The van der Waals surface area contributed by atoms with Crippen molar-refractivity contribution in [3.05, 3.63) is 35.9 Å². The number of nitrogens with one attached hydrogen (secondary N) is 2. The molecule has 2 atom stereocenters. The molecule has 1 saturated heterocycles. The quantitative estimate of drug-likeness (QED) is 0.756. The molecule has 2 unspecified atom stereocenters. The minimum absolute atomic E-state index is 0.103. The Kier molecular flexibility index (Phi) is 3.88. The topological polar surface area (TPSA) is 58.2 Å². The molecular weight excluding hydrogens is 216 g/mol. The monoisotopic (exact) mass is 232 g/mol. The predicted octanol–water partition coefficient (Wildman–Crippen LogP) is 0.736. The van der Waals surface area contributed by atoms with E-state index in [0.29, 0.717) is 5.56 Å². The smallest absolute Gasteiger partial charge is 0.251 e. The van der Waals surface area contributed by atoms with Crippen molar-refractivity contribution in [2.75, 3.05) is 6.54 Å². The van der Waals surface area contributed by atoms with Crippen LogP contribution < -0.4 is 10.6 Å². The molecule has 0 spiro atoms. The summed E-state index contributed by atoms with van der Waals surface area (Å²) in [5.74, 6) is -0.119. The summed E-state index contributed by atoms with van der Waals surface area (Å²) < 4.78 is 0. The van der Waals surface area contributed by atoms with Crippen LogP contribution in [0.1, 0.15) is 23.2 Å². The van der Waals surface area contributed by atoms with Crippen molar-refractivity contribution in [1.29, 1.82) is 0 Å². The maximum Gasteiger partial charge on any atom is 0.251 e. The van der Waals surface area contributed by atoms with E-state index in [9.17, 15) is 9.59 Å². The standard InChI is InChI=1S/C13H16N2O2/c16-9-12-11(7-4-8-14-12)15-13(17)10-5-2-1-3-6-10/h1-3,5-6,9,11-12,14H,4,7-8H2,(H,15,17). The fraction of sp³-hybridized carbons (Fsp3) is 0.385. The molecule has 1 fully saturated rings. The van der Waals surface area contributed by atoms with E-state index in [-0.39, 0.29) is 18.0 Å². The zero-order valence-corrected chi connectivity index (χ0v) is 9.56. The number of amides is 1. The maximum absolute atomic E-state index is 11.9. The van der Waals surface area contributed by atoms with Gasteiger partial charge in [0, 0.05) is 5.56 Å². The summed E-state index contributed by atoms with van der Waals surface area (Å²) in [4.78, 5) is 22.8. The summed E-state index contributed by atoms with van der Waals surface area (Å²) in [5, 5.41) is 6.00. The molecule has 4 nitrogen and oxygen atoms in total. The van der Waals surface area contributed by atoms with Crippen molar-refractivity contribution in [2.45, 2.75) is 24.9 Å². The lowest BCUT2D eigenvalue weighted by molar-refractivity contribution is -0.110. The third kappa shape index (κ3) is 2.91. The van der Waals surface area contributed by atoms with E-state index < -0.39 is 0 Å². The van der Waals surface area contributed by atoms with Crippen molar-refractivity contribution in [2.24, 2.45) is 0 Å². The number of carbonyl (C=O) groups excluding carboxylic acids is 2. The number of piperidine rings is 1. The van der Waals surface area contributed by atoms with Crippen LogP contribution in [0.25, 0.3) is 0 Å². The Balaban J connectivity index is 2.00. The average Bonchev–Trinajstić information content (AvgIpc) is 2.40. The van der Waals surface area contributed by atoms with Gasteiger partial charge in [0.2, 0.25) is 0 Å². The van der Waals surface area contributed by atoms with Crippen LogP contribution in [0.2, 0.25) is 0 Å². The van der Waals surface area contributed by atoms with Crippen molar-refractivity contribution < 1.29 is 9.59 Å². The summed E-state index contributed by atoms with van der Waals surface area (Å²) in [6.07, 6.45) is 2.69. The van der Waals surface area contributed by atoms with Crippen LogP contribution in [0.15, 0.2) is 30.3 Å². The molecule has 17 heavy (non-hydrogen) atoms. The van der Waals surface area contributed by atoms with Crippen LogP contribution >= 0.6 is 0 Å². The highest BCUT2D eigenvalue weighted by Gasteiger charge is 2.25. The van der Waals surface area contributed by atoms with Crippen molar-refractivity contribution in [3.8, 4) is 0 Å². The number of carbonyl (C=O) groups is 2. The van der Waals surface area contributed by atoms with Crippen molar-refractivity contribution >= 4 is 12.2 Å². The molecular formula is C13H16N2O2. The van der Waals surface area contributed by atoms with Gasteiger partial charge in [-0.1, -0.05) is 18.2 Å².